The number of fused-ring (bicyclic) bond motifs is 2. The lowest BCUT2D eigenvalue weighted by Gasteiger charge is -2.26. The Bertz CT molecular complexity index is 988. The van der Waals surface area contributed by atoms with Crippen molar-refractivity contribution < 1.29 is 23.7 Å². The second-order valence-corrected chi connectivity index (χ2v) is 6.47. The van der Waals surface area contributed by atoms with Crippen molar-refractivity contribution in [3.8, 4) is 23.0 Å². The number of para-hydroxylation sites is 2. The van der Waals surface area contributed by atoms with E-state index in [2.05, 4.69) is 5.32 Å². The van der Waals surface area contributed by atoms with Crippen molar-refractivity contribution in [3.63, 3.8) is 0 Å². The van der Waals surface area contributed by atoms with Crippen molar-refractivity contribution in [2.24, 2.45) is 0 Å². The normalized spacial score (nSPS) is 15.1. The Morgan fingerprint density at radius 3 is 2.61 bits per heavy atom. The summed E-state index contributed by atoms with van der Waals surface area (Å²) in [4.78, 5) is 12.1. The summed E-state index contributed by atoms with van der Waals surface area (Å²) in [6.07, 6.45) is -0.230. The van der Waals surface area contributed by atoms with E-state index in [9.17, 15) is 4.79 Å². The number of methoxy groups -OCH3 is 1. The summed E-state index contributed by atoms with van der Waals surface area (Å²) >= 11 is 0. The van der Waals surface area contributed by atoms with Crippen LogP contribution in [-0.2, 0) is 4.79 Å². The third kappa shape index (κ3) is 4.11. The molecular weight excluding hydrogens is 358 g/mol. The van der Waals surface area contributed by atoms with Crippen LogP contribution in [0.3, 0.4) is 0 Å². The van der Waals surface area contributed by atoms with Crippen molar-refractivity contribution in [1.29, 1.82) is 0 Å². The summed E-state index contributed by atoms with van der Waals surface area (Å²) in [6, 6.07) is 19.0. The van der Waals surface area contributed by atoms with Gasteiger partial charge in [0, 0.05) is 0 Å². The Labute approximate surface area is 163 Å². The maximum atomic E-state index is 12.1. The Hall–Kier alpha value is -3.41. The molecule has 1 atom stereocenters. The van der Waals surface area contributed by atoms with E-state index in [0.717, 1.165) is 22.3 Å². The fourth-order valence-corrected chi connectivity index (χ4v) is 3.01. The topological polar surface area (TPSA) is 66.0 Å². The molecule has 1 aliphatic rings. The van der Waals surface area contributed by atoms with Crippen LogP contribution in [0.5, 0.6) is 23.0 Å². The second kappa shape index (κ2) is 8.08. The summed E-state index contributed by atoms with van der Waals surface area (Å²) < 4.78 is 22.3. The van der Waals surface area contributed by atoms with Gasteiger partial charge < -0.3 is 24.3 Å². The van der Waals surface area contributed by atoms with E-state index in [1.165, 1.54) is 0 Å². The van der Waals surface area contributed by atoms with E-state index in [0.29, 0.717) is 24.7 Å². The van der Waals surface area contributed by atoms with E-state index in [1.807, 2.05) is 60.7 Å². The number of hydrogen-bond donors (Lipinski definition) is 1. The fraction of sp³-hybridized carbons (Fsp3) is 0.227. The molecule has 0 aromatic heterocycles. The smallest absolute Gasteiger partial charge is 0.258 e. The van der Waals surface area contributed by atoms with Crippen molar-refractivity contribution in [2.75, 3.05) is 26.9 Å². The summed E-state index contributed by atoms with van der Waals surface area (Å²) in [7, 11) is 1.63. The maximum absolute atomic E-state index is 12.1. The molecule has 28 heavy (non-hydrogen) atoms. The highest BCUT2D eigenvalue weighted by atomic mass is 16.6. The Morgan fingerprint density at radius 2 is 1.79 bits per heavy atom. The first kappa shape index (κ1) is 18.0. The van der Waals surface area contributed by atoms with Gasteiger partial charge >= 0.3 is 0 Å². The van der Waals surface area contributed by atoms with E-state index < -0.39 is 0 Å². The molecule has 0 radical (unpaired) electrons. The van der Waals surface area contributed by atoms with Crippen molar-refractivity contribution in [2.45, 2.75) is 6.10 Å². The van der Waals surface area contributed by atoms with E-state index >= 15 is 0 Å². The molecule has 0 saturated carbocycles. The summed E-state index contributed by atoms with van der Waals surface area (Å²) in [5, 5.41) is 4.89. The number of carbonyl (C=O) groups is 1. The first-order valence-electron chi connectivity index (χ1n) is 9.07. The van der Waals surface area contributed by atoms with Crippen LogP contribution < -0.4 is 24.3 Å². The Balaban J connectivity index is 1.28. The van der Waals surface area contributed by atoms with Gasteiger partial charge in [-0.3, -0.25) is 4.79 Å². The molecule has 4 rings (SSSR count). The number of benzene rings is 3. The summed E-state index contributed by atoms with van der Waals surface area (Å²) in [6.45, 7) is 0.676. The molecule has 1 amide bonds. The zero-order chi connectivity index (χ0) is 19.3. The van der Waals surface area contributed by atoms with Gasteiger partial charge in [-0.15, -0.1) is 0 Å². The van der Waals surface area contributed by atoms with E-state index in [1.54, 1.807) is 7.11 Å². The molecule has 1 N–H and O–H groups in total. The molecule has 0 unspecified atom stereocenters. The van der Waals surface area contributed by atoms with Crippen LogP contribution in [0.15, 0.2) is 60.7 Å². The molecule has 144 valence electrons. The van der Waals surface area contributed by atoms with Gasteiger partial charge in [-0.2, -0.15) is 0 Å². The van der Waals surface area contributed by atoms with Crippen LogP contribution in [0, 0.1) is 0 Å². The number of rotatable bonds is 6. The average Bonchev–Trinajstić information content (AvgIpc) is 2.75. The van der Waals surface area contributed by atoms with Crippen LogP contribution >= 0.6 is 0 Å². The molecule has 0 fully saturated rings. The maximum Gasteiger partial charge on any atom is 0.258 e. The van der Waals surface area contributed by atoms with Gasteiger partial charge in [0.05, 0.1) is 13.7 Å². The molecule has 1 aliphatic heterocycles. The monoisotopic (exact) mass is 379 g/mol. The van der Waals surface area contributed by atoms with Gasteiger partial charge in [0.25, 0.3) is 5.91 Å². The van der Waals surface area contributed by atoms with Gasteiger partial charge in [0.2, 0.25) is 0 Å². The molecule has 6 nitrogen and oxygen atoms in total. The molecular formula is C22H21NO5. The molecule has 0 aliphatic carbocycles. The largest absolute Gasteiger partial charge is 0.497 e. The van der Waals surface area contributed by atoms with Crippen LogP contribution in [-0.4, -0.2) is 38.9 Å². The van der Waals surface area contributed by atoms with Gasteiger partial charge in [-0.05, 0) is 47.2 Å². The highest BCUT2D eigenvalue weighted by Gasteiger charge is 2.21. The minimum absolute atomic E-state index is 0.0698. The van der Waals surface area contributed by atoms with E-state index in [4.69, 9.17) is 18.9 Å². The van der Waals surface area contributed by atoms with Crippen LogP contribution in [0.2, 0.25) is 0 Å². The Morgan fingerprint density at radius 1 is 1.04 bits per heavy atom. The van der Waals surface area contributed by atoms with E-state index in [-0.39, 0.29) is 18.6 Å². The van der Waals surface area contributed by atoms with Crippen LogP contribution in [0.25, 0.3) is 10.8 Å². The second-order valence-electron chi connectivity index (χ2n) is 6.47. The van der Waals surface area contributed by atoms with Crippen molar-refractivity contribution >= 4 is 16.7 Å². The lowest BCUT2D eigenvalue weighted by Crippen LogP contribution is -2.42. The molecule has 0 spiro atoms. The molecule has 3 aromatic carbocycles. The minimum Gasteiger partial charge on any atom is -0.497 e. The van der Waals surface area contributed by atoms with Crippen LogP contribution in [0.4, 0.5) is 0 Å². The number of ether oxygens (including phenoxy) is 4. The van der Waals surface area contributed by atoms with Gasteiger partial charge in [-0.25, -0.2) is 0 Å². The zero-order valence-corrected chi connectivity index (χ0v) is 15.5. The first-order chi connectivity index (χ1) is 13.7. The third-order valence-electron chi connectivity index (χ3n) is 4.48. The molecule has 0 bridgehead atoms. The standard InChI is InChI=1S/C22H21NO5/c1-25-17-8-6-15-7-9-18(11-16(15)10-17)26-14-22(24)23-12-19-13-27-20-4-2-3-5-21(20)28-19/h2-11,19H,12-14H2,1H3,(H,23,24)/t19-/m1/s1. The summed E-state index contributed by atoms with van der Waals surface area (Å²) in [5.74, 6) is 2.60. The number of carbonyl (C=O) groups excluding carboxylic acids is 1. The van der Waals surface area contributed by atoms with Gasteiger partial charge in [-0.1, -0.05) is 24.3 Å². The SMILES string of the molecule is COc1ccc2ccc(OCC(=O)NC[C@@H]3COc4ccccc4O3)cc2c1. The predicted molar refractivity (Wildman–Crippen MR) is 105 cm³/mol. The minimum atomic E-state index is -0.230. The average molecular weight is 379 g/mol. The lowest BCUT2D eigenvalue weighted by atomic mass is 10.1. The molecule has 3 aromatic rings. The first-order valence-corrected chi connectivity index (χ1v) is 9.07. The van der Waals surface area contributed by atoms with Crippen molar-refractivity contribution in [3.05, 3.63) is 60.7 Å². The molecule has 1 heterocycles. The Kier molecular flexibility index (Phi) is 5.19. The van der Waals surface area contributed by atoms with Crippen molar-refractivity contribution in [1.82, 2.24) is 5.32 Å². The van der Waals surface area contributed by atoms with Gasteiger partial charge in [0.15, 0.2) is 18.1 Å². The number of nitrogens with one attached hydrogen (secondary N) is 1. The highest BCUT2D eigenvalue weighted by Crippen LogP contribution is 2.30. The van der Waals surface area contributed by atoms with Crippen LogP contribution in [0.1, 0.15) is 0 Å². The van der Waals surface area contributed by atoms with Gasteiger partial charge in [0.1, 0.15) is 24.2 Å². The molecule has 0 saturated heterocycles. The predicted octanol–water partition coefficient (Wildman–Crippen LogP) is 3.18. The lowest BCUT2D eigenvalue weighted by molar-refractivity contribution is -0.123. The third-order valence-corrected chi connectivity index (χ3v) is 4.48. The summed E-state index contributed by atoms with van der Waals surface area (Å²) in [5.41, 5.74) is 0. The number of hydrogen-bond acceptors (Lipinski definition) is 5. The zero-order valence-electron chi connectivity index (χ0n) is 15.5. The number of amides is 1. The quantitative estimate of drug-likeness (QED) is 0.713. The fourth-order valence-electron chi connectivity index (χ4n) is 3.01. The molecule has 6 heteroatoms. The highest BCUT2D eigenvalue weighted by molar-refractivity contribution is 5.85.